The monoisotopic (exact) mass is 441 g/mol. The van der Waals surface area contributed by atoms with Gasteiger partial charge in [-0.25, -0.2) is 4.39 Å². The summed E-state index contributed by atoms with van der Waals surface area (Å²) in [5.74, 6) is -0.875. The number of hydrogen-bond donors (Lipinski definition) is 1. The summed E-state index contributed by atoms with van der Waals surface area (Å²) in [5, 5.41) is 3.95. The quantitative estimate of drug-likeness (QED) is 0.495. The fourth-order valence-electron chi connectivity index (χ4n) is 4.54. The number of rotatable bonds is 5. The van der Waals surface area contributed by atoms with Gasteiger partial charge >= 0.3 is 0 Å². The van der Waals surface area contributed by atoms with Gasteiger partial charge in [-0.1, -0.05) is 60.7 Å². The van der Waals surface area contributed by atoms with Crippen LogP contribution in [0.5, 0.6) is 0 Å². The number of halogens is 1. The summed E-state index contributed by atoms with van der Waals surface area (Å²) in [7, 11) is 0. The van der Waals surface area contributed by atoms with Gasteiger partial charge in [0.05, 0.1) is 6.54 Å². The third-order valence-electron chi connectivity index (χ3n) is 6.35. The molecule has 5 rings (SSSR count). The van der Waals surface area contributed by atoms with Gasteiger partial charge in [0.25, 0.3) is 5.91 Å². The highest BCUT2D eigenvalue weighted by Crippen LogP contribution is 2.33. The number of amides is 2. The Hall–Kier alpha value is -3.93. The second-order valence-electron chi connectivity index (χ2n) is 8.64. The minimum Gasteiger partial charge on any atom is -0.350 e. The van der Waals surface area contributed by atoms with Crippen LogP contribution in [0.4, 0.5) is 4.39 Å². The number of nitrogens with one attached hydrogen (secondary N) is 1. The number of para-hydroxylation sites is 1. The molecule has 0 spiro atoms. The lowest BCUT2D eigenvalue weighted by molar-refractivity contribution is -0.133. The molecule has 0 saturated heterocycles. The lowest BCUT2D eigenvalue weighted by atomic mass is 9.93. The Labute approximate surface area is 191 Å². The first kappa shape index (κ1) is 20.9. The van der Waals surface area contributed by atoms with Crippen molar-refractivity contribution in [3.05, 3.63) is 108 Å². The van der Waals surface area contributed by atoms with E-state index in [9.17, 15) is 14.0 Å². The van der Waals surface area contributed by atoms with Crippen LogP contribution in [-0.2, 0) is 24.4 Å². The zero-order valence-electron chi connectivity index (χ0n) is 18.3. The lowest BCUT2D eigenvalue weighted by Gasteiger charge is -2.44. The summed E-state index contributed by atoms with van der Waals surface area (Å²) >= 11 is 0. The number of hydrogen-bond acceptors (Lipinski definition) is 2. The summed E-state index contributed by atoms with van der Waals surface area (Å²) in [6, 6.07) is 25.4. The maximum absolute atomic E-state index is 13.9. The number of fused-ring (bicyclic) bond motifs is 3. The van der Waals surface area contributed by atoms with Gasteiger partial charge in [-0.3, -0.25) is 9.59 Å². The molecule has 2 amide bonds. The third kappa shape index (κ3) is 3.78. The van der Waals surface area contributed by atoms with Crippen molar-refractivity contribution in [1.29, 1.82) is 0 Å². The van der Waals surface area contributed by atoms with Gasteiger partial charge in [0.1, 0.15) is 17.1 Å². The molecule has 5 nitrogen and oxygen atoms in total. The van der Waals surface area contributed by atoms with Crippen molar-refractivity contribution in [3.63, 3.8) is 0 Å². The van der Waals surface area contributed by atoms with E-state index in [2.05, 4.69) is 5.32 Å². The molecular weight excluding hydrogens is 417 g/mol. The molecule has 1 aliphatic rings. The molecule has 4 aromatic rings. The Morgan fingerprint density at radius 2 is 1.70 bits per heavy atom. The number of aromatic nitrogens is 1. The maximum Gasteiger partial charge on any atom is 0.271 e. The Kier molecular flexibility index (Phi) is 5.21. The van der Waals surface area contributed by atoms with E-state index < -0.39 is 5.54 Å². The van der Waals surface area contributed by atoms with Gasteiger partial charge < -0.3 is 14.8 Å². The first-order valence-electron chi connectivity index (χ1n) is 10.9. The van der Waals surface area contributed by atoms with Crippen molar-refractivity contribution in [1.82, 2.24) is 14.8 Å². The average molecular weight is 442 g/mol. The first-order chi connectivity index (χ1) is 16.0. The molecular formula is C27H24FN3O2. The normalized spacial score (nSPS) is 17.8. The van der Waals surface area contributed by atoms with Crippen molar-refractivity contribution in [2.45, 2.75) is 32.1 Å². The molecule has 0 radical (unpaired) electrons. The van der Waals surface area contributed by atoms with Gasteiger partial charge in [-0.15, -0.1) is 0 Å². The molecule has 0 bridgehead atoms. The second-order valence-corrected chi connectivity index (χ2v) is 8.64. The molecule has 2 heterocycles. The molecule has 1 atom stereocenters. The van der Waals surface area contributed by atoms with E-state index in [1.807, 2.05) is 65.2 Å². The Bertz CT molecular complexity index is 1350. The van der Waals surface area contributed by atoms with Crippen LogP contribution in [0.1, 0.15) is 28.5 Å². The third-order valence-corrected chi connectivity index (χ3v) is 6.35. The number of carbonyl (C=O) groups excluding carboxylic acids is 2. The van der Waals surface area contributed by atoms with E-state index in [-0.39, 0.29) is 24.2 Å². The Morgan fingerprint density at radius 1 is 0.970 bits per heavy atom. The van der Waals surface area contributed by atoms with Crippen LogP contribution in [0.15, 0.2) is 84.9 Å². The average Bonchev–Trinajstić information content (AvgIpc) is 3.19. The lowest BCUT2D eigenvalue weighted by Crippen LogP contribution is -2.63. The van der Waals surface area contributed by atoms with E-state index in [0.717, 1.165) is 16.5 Å². The van der Waals surface area contributed by atoms with E-state index >= 15 is 0 Å². The topological polar surface area (TPSA) is 54.3 Å². The summed E-state index contributed by atoms with van der Waals surface area (Å²) in [6.45, 7) is 2.57. The maximum atomic E-state index is 13.9. The van der Waals surface area contributed by atoms with Crippen LogP contribution in [0, 0.1) is 5.82 Å². The second kappa shape index (κ2) is 8.20. The van der Waals surface area contributed by atoms with E-state index in [0.29, 0.717) is 24.3 Å². The van der Waals surface area contributed by atoms with Crippen LogP contribution >= 0.6 is 0 Å². The minimum absolute atomic E-state index is 0.132. The van der Waals surface area contributed by atoms with Gasteiger partial charge in [0, 0.05) is 24.0 Å². The summed E-state index contributed by atoms with van der Waals surface area (Å²) in [5.41, 5.74) is 1.89. The zero-order valence-corrected chi connectivity index (χ0v) is 18.3. The first-order valence-corrected chi connectivity index (χ1v) is 10.9. The standard InChI is InChI=1S/C27H24FN3O2/c1-27(26(33)29-16-19-8-3-2-4-9-19)18-30-23-13-6-5-11-21(23)15-24(30)25(32)31(27)17-20-10-7-12-22(28)14-20/h2-15H,16-18H2,1H3,(H,29,33)/t27-/m0/s1. The Morgan fingerprint density at radius 3 is 2.48 bits per heavy atom. The van der Waals surface area contributed by atoms with Crippen LogP contribution in [-0.4, -0.2) is 26.8 Å². The van der Waals surface area contributed by atoms with Crippen molar-refractivity contribution >= 4 is 22.7 Å². The van der Waals surface area contributed by atoms with E-state index in [4.69, 9.17) is 0 Å². The van der Waals surface area contributed by atoms with E-state index in [1.165, 1.54) is 12.1 Å². The van der Waals surface area contributed by atoms with Crippen LogP contribution < -0.4 is 5.32 Å². The summed E-state index contributed by atoms with van der Waals surface area (Å²) < 4.78 is 15.8. The smallest absolute Gasteiger partial charge is 0.271 e. The molecule has 166 valence electrons. The molecule has 1 aliphatic heterocycles. The highest BCUT2D eigenvalue weighted by Gasteiger charge is 2.47. The fourth-order valence-corrected chi connectivity index (χ4v) is 4.54. The number of carbonyl (C=O) groups is 2. The van der Waals surface area contributed by atoms with Crippen LogP contribution in [0.3, 0.4) is 0 Å². The molecule has 1 N–H and O–H groups in total. The molecule has 3 aromatic carbocycles. The van der Waals surface area contributed by atoms with Crippen molar-refractivity contribution in [3.8, 4) is 0 Å². The molecule has 1 aromatic heterocycles. The van der Waals surface area contributed by atoms with Crippen LogP contribution in [0.2, 0.25) is 0 Å². The number of nitrogens with zero attached hydrogens (tertiary/aromatic N) is 2. The molecule has 0 saturated carbocycles. The molecule has 6 heteroatoms. The van der Waals surface area contributed by atoms with Gasteiger partial charge in [0.2, 0.25) is 5.91 Å². The van der Waals surface area contributed by atoms with Crippen molar-refractivity contribution in [2.75, 3.05) is 0 Å². The molecule has 33 heavy (non-hydrogen) atoms. The highest BCUT2D eigenvalue weighted by molar-refractivity contribution is 6.03. The van der Waals surface area contributed by atoms with Crippen molar-refractivity contribution < 1.29 is 14.0 Å². The molecule has 0 unspecified atom stereocenters. The van der Waals surface area contributed by atoms with E-state index in [1.54, 1.807) is 24.0 Å². The van der Waals surface area contributed by atoms with Gasteiger partial charge in [0.15, 0.2) is 0 Å². The fraction of sp³-hybridized carbons (Fsp3) is 0.185. The zero-order chi connectivity index (χ0) is 23.0. The Balaban J connectivity index is 1.54. The number of benzene rings is 3. The van der Waals surface area contributed by atoms with Gasteiger partial charge in [-0.2, -0.15) is 0 Å². The predicted octanol–water partition coefficient (Wildman–Crippen LogP) is 4.51. The van der Waals surface area contributed by atoms with Crippen LogP contribution in [0.25, 0.3) is 10.9 Å². The van der Waals surface area contributed by atoms with Gasteiger partial charge in [-0.05, 0) is 42.3 Å². The summed E-state index contributed by atoms with van der Waals surface area (Å²) in [4.78, 5) is 28.8. The molecule has 0 aliphatic carbocycles. The predicted molar refractivity (Wildman–Crippen MR) is 125 cm³/mol. The largest absolute Gasteiger partial charge is 0.350 e. The van der Waals surface area contributed by atoms with Crippen molar-refractivity contribution in [2.24, 2.45) is 0 Å². The summed E-state index contributed by atoms with van der Waals surface area (Å²) in [6.07, 6.45) is 0. The SMILES string of the molecule is C[C@@]1(C(=O)NCc2ccccc2)Cn2c(cc3ccccc32)C(=O)N1Cc1cccc(F)c1. The highest BCUT2D eigenvalue weighted by atomic mass is 19.1. The minimum atomic E-state index is -1.16. The molecule has 0 fully saturated rings.